The van der Waals surface area contributed by atoms with E-state index in [2.05, 4.69) is 5.32 Å². The van der Waals surface area contributed by atoms with Gasteiger partial charge in [-0.2, -0.15) is 0 Å². The highest BCUT2D eigenvalue weighted by atomic mass is 16.3. The molecule has 2 N–H and O–H groups in total. The second-order valence-corrected chi connectivity index (χ2v) is 4.96. The predicted octanol–water partition coefficient (Wildman–Crippen LogP) is 2.99. The molecule has 3 heteroatoms. The molecular formula is C15H21NO2. The maximum atomic E-state index is 11.5. The number of carbonyl (C=O) groups is 1. The first-order valence-corrected chi connectivity index (χ1v) is 6.78. The van der Waals surface area contributed by atoms with E-state index in [1.165, 1.54) is 6.42 Å². The van der Waals surface area contributed by atoms with Crippen LogP contribution in [-0.4, -0.2) is 23.0 Å². The molecule has 1 fully saturated rings. The van der Waals surface area contributed by atoms with Crippen molar-refractivity contribution in [3.63, 3.8) is 0 Å². The van der Waals surface area contributed by atoms with Gasteiger partial charge in [0.05, 0.1) is 12.1 Å². The lowest BCUT2D eigenvalue weighted by molar-refractivity contribution is 0.0988. The van der Waals surface area contributed by atoms with Gasteiger partial charge in [0.1, 0.15) is 0 Å². The minimum absolute atomic E-state index is 0.145. The van der Waals surface area contributed by atoms with Gasteiger partial charge in [-0.15, -0.1) is 0 Å². The molecule has 0 radical (unpaired) electrons. The van der Waals surface area contributed by atoms with Crippen LogP contribution in [0.5, 0.6) is 0 Å². The molecule has 0 aromatic heterocycles. The van der Waals surface area contributed by atoms with E-state index in [1.54, 1.807) is 0 Å². The van der Waals surface area contributed by atoms with Gasteiger partial charge in [-0.05, 0) is 37.1 Å². The number of anilines is 1. The van der Waals surface area contributed by atoms with E-state index < -0.39 is 0 Å². The largest absolute Gasteiger partial charge is 0.391 e. The molecule has 1 aromatic rings. The summed E-state index contributed by atoms with van der Waals surface area (Å²) in [6.07, 6.45) is 4.45. The highest BCUT2D eigenvalue weighted by Crippen LogP contribution is 2.22. The number of hydrogen-bond donors (Lipinski definition) is 2. The van der Waals surface area contributed by atoms with Crippen LogP contribution < -0.4 is 5.32 Å². The van der Waals surface area contributed by atoms with E-state index in [1.807, 2.05) is 31.2 Å². The van der Waals surface area contributed by atoms with Gasteiger partial charge < -0.3 is 10.4 Å². The lowest BCUT2D eigenvalue weighted by Gasteiger charge is -2.29. The van der Waals surface area contributed by atoms with Crippen LogP contribution in [0.4, 0.5) is 5.69 Å². The molecule has 1 saturated carbocycles. The van der Waals surface area contributed by atoms with Crippen molar-refractivity contribution in [2.45, 2.75) is 51.2 Å². The SMILES string of the molecule is CCC(=O)c1ccc(NC2CCCCC2O)cc1. The highest BCUT2D eigenvalue weighted by molar-refractivity contribution is 5.96. The first kappa shape index (κ1) is 13.1. The Hall–Kier alpha value is -1.35. The fourth-order valence-corrected chi connectivity index (χ4v) is 2.45. The normalized spacial score (nSPS) is 23.7. The third kappa shape index (κ3) is 3.10. The summed E-state index contributed by atoms with van der Waals surface area (Å²) in [5, 5.41) is 13.2. The average molecular weight is 247 g/mol. The van der Waals surface area contributed by atoms with Crippen LogP contribution in [0.2, 0.25) is 0 Å². The first-order valence-electron chi connectivity index (χ1n) is 6.78. The summed E-state index contributed by atoms with van der Waals surface area (Å²) < 4.78 is 0. The zero-order valence-electron chi connectivity index (χ0n) is 10.9. The molecular weight excluding hydrogens is 226 g/mol. The van der Waals surface area contributed by atoms with Gasteiger partial charge in [0.2, 0.25) is 0 Å². The topological polar surface area (TPSA) is 49.3 Å². The van der Waals surface area contributed by atoms with Gasteiger partial charge >= 0.3 is 0 Å². The lowest BCUT2D eigenvalue weighted by atomic mass is 9.92. The zero-order chi connectivity index (χ0) is 13.0. The van der Waals surface area contributed by atoms with E-state index in [0.717, 1.165) is 30.5 Å². The second-order valence-electron chi connectivity index (χ2n) is 4.96. The molecule has 1 aliphatic rings. The first-order chi connectivity index (χ1) is 8.70. The molecule has 0 heterocycles. The molecule has 18 heavy (non-hydrogen) atoms. The van der Waals surface area contributed by atoms with Crippen LogP contribution in [0.1, 0.15) is 49.4 Å². The van der Waals surface area contributed by atoms with Crippen LogP contribution in [0.3, 0.4) is 0 Å². The van der Waals surface area contributed by atoms with Gasteiger partial charge in [-0.25, -0.2) is 0 Å². The number of rotatable bonds is 4. The predicted molar refractivity (Wildman–Crippen MR) is 72.9 cm³/mol. The number of benzene rings is 1. The Bertz CT molecular complexity index is 399. The van der Waals surface area contributed by atoms with Crippen molar-refractivity contribution in [3.8, 4) is 0 Å². The maximum absolute atomic E-state index is 11.5. The molecule has 3 nitrogen and oxygen atoms in total. The molecule has 2 unspecified atom stereocenters. The quantitative estimate of drug-likeness (QED) is 0.804. The maximum Gasteiger partial charge on any atom is 0.162 e. The number of carbonyl (C=O) groups excluding carboxylic acids is 1. The van der Waals surface area contributed by atoms with Crippen LogP contribution in [0.25, 0.3) is 0 Å². The standard InChI is InChI=1S/C15H21NO2/c1-2-14(17)11-7-9-12(10-8-11)16-13-5-3-4-6-15(13)18/h7-10,13,15-16,18H,2-6H2,1H3. The smallest absolute Gasteiger partial charge is 0.162 e. The van der Waals surface area contributed by atoms with Crippen molar-refractivity contribution in [1.82, 2.24) is 0 Å². The summed E-state index contributed by atoms with van der Waals surface area (Å²) in [5.41, 5.74) is 1.74. The average Bonchev–Trinajstić information content (AvgIpc) is 2.41. The van der Waals surface area contributed by atoms with Crippen molar-refractivity contribution in [2.24, 2.45) is 0 Å². The second kappa shape index (κ2) is 6.01. The van der Waals surface area contributed by atoms with Crippen LogP contribution in [0, 0.1) is 0 Å². The van der Waals surface area contributed by atoms with Crippen molar-refractivity contribution < 1.29 is 9.90 Å². The van der Waals surface area contributed by atoms with Gasteiger partial charge in [0.15, 0.2) is 5.78 Å². The van der Waals surface area contributed by atoms with Gasteiger partial charge in [-0.3, -0.25) is 4.79 Å². The molecule has 2 atom stereocenters. The minimum Gasteiger partial charge on any atom is -0.391 e. The Morgan fingerprint density at radius 1 is 1.28 bits per heavy atom. The Labute approximate surface area is 108 Å². The van der Waals surface area contributed by atoms with Gasteiger partial charge in [0, 0.05) is 17.7 Å². The number of hydrogen-bond acceptors (Lipinski definition) is 3. The summed E-state index contributed by atoms with van der Waals surface area (Å²) in [6, 6.07) is 7.69. The van der Waals surface area contributed by atoms with Crippen molar-refractivity contribution in [2.75, 3.05) is 5.32 Å². The molecule has 0 spiro atoms. The number of aliphatic hydroxyl groups is 1. The Morgan fingerprint density at radius 3 is 2.56 bits per heavy atom. The third-order valence-corrected chi connectivity index (χ3v) is 3.61. The molecule has 0 amide bonds. The Kier molecular flexibility index (Phi) is 4.37. The Balaban J connectivity index is 1.99. The zero-order valence-corrected chi connectivity index (χ0v) is 10.9. The summed E-state index contributed by atoms with van der Waals surface area (Å²) in [5.74, 6) is 0.166. The molecule has 0 aliphatic heterocycles. The molecule has 0 saturated heterocycles. The molecule has 0 bridgehead atoms. The number of aliphatic hydroxyl groups excluding tert-OH is 1. The van der Waals surface area contributed by atoms with E-state index in [9.17, 15) is 9.90 Å². The number of Topliss-reactive ketones (excluding diaryl/α,β-unsaturated/α-hetero) is 1. The number of nitrogens with one attached hydrogen (secondary N) is 1. The third-order valence-electron chi connectivity index (χ3n) is 3.61. The van der Waals surface area contributed by atoms with Crippen molar-refractivity contribution in [1.29, 1.82) is 0 Å². The number of ketones is 1. The van der Waals surface area contributed by atoms with Crippen LogP contribution >= 0.6 is 0 Å². The van der Waals surface area contributed by atoms with E-state index in [0.29, 0.717) is 6.42 Å². The van der Waals surface area contributed by atoms with E-state index in [-0.39, 0.29) is 17.9 Å². The molecule has 1 aromatic carbocycles. The summed E-state index contributed by atoms with van der Waals surface area (Å²) >= 11 is 0. The summed E-state index contributed by atoms with van der Waals surface area (Å²) in [6.45, 7) is 1.87. The van der Waals surface area contributed by atoms with Crippen LogP contribution in [-0.2, 0) is 0 Å². The fourth-order valence-electron chi connectivity index (χ4n) is 2.45. The van der Waals surface area contributed by atoms with Crippen LogP contribution in [0.15, 0.2) is 24.3 Å². The molecule has 98 valence electrons. The highest BCUT2D eigenvalue weighted by Gasteiger charge is 2.22. The summed E-state index contributed by atoms with van der Waals surface area (Å²) in [7, 11) is 0. The monoisotopic (exact) mass is 247 g/mol. The Morgan fingerprint density at radius 2 is 1.94 bits per heavy atom. The van der Waals surface area contributed by atoms with Gasteiger partial charge in [-0.1, -0.05) is 19.8 Å². The van der Waals surface area contributed by atoms with Crippen molar-refractivity contribution in [3.05, 3.63) is 29.8 Å². The minimum atomic E-state index is -0.254. The van der Waals surface area contributed by atoms with Crippen molar-refractivity contribution >= 4 is 11.5 Å². The molecule has 1 aliphatic carbocycles. The summed E-state index contributed by atoms with van der Waals surface area (Å²) in [4.78, 5) is 11.5. The van der Waals surface area contributed by atoms with E-state index in [4.69, 9.17) is 0 Å². The lowest BCUT2D eigenvalue weighted by Crippen LogP contribution is -2.36. The van der Waals surface area contributed by atoms with E-state index >= 15 is 0 Å². The molecule has 2 rings (SSSR count). The fraction of sp³-hybridized carbons (Fsp3) is 0.533. The van der Waals surface area contributed by atoms with Gasteiger partial charge in [0.25, 0.3) is 0 Å².